The summed E-state index contributed by atoms with van der Waals surface area (Å²) < 4.78 is 5.32. The molecule has 1 saturated heterocycles. The molecule has 0 aromatic heterocycles. The fourth-order valence-corrected chi connectivity index (χ4v) is 4.65. The summed E-state index contributed by atoms with van der Waals surface area (Å²) in [6.07, 6.45) is 3.29. The number of ether oxygens (including phenoxy) is 1. The van der Waals surface area contributed by atoms with Crippen molar-refractivity contribution in [2.24, 2.45) is 17.8 Å². The number of likely N-dealkylation sites (tertiary alicyclic amines) is 1. The van der Waals surface area contributed by atoms with Gasteiger partial charge in [-0.15, -0.1) is 0 Å². The Labute approximate surface area is 209 Å². The smallest absolute Gasteiger partial charge is 0.329 e. The average Bonchev–Trinajstić information content (AvgIpc) is 3.38. The van der Waals surface area contributed by atoms with Crippen LogP contribution in [-0.2, 0) is 30.3 Å². The van der Waals surface area contributed by atoms with E-state index in [1.165, 1.54) is 0 Å². The Kier molecular flexibility index (Phi) is 11.2. The van der Waals surface area contributed by atoms with Crippen molar-refractivity contribution in [1.29, 1.82) is 0 Å². The van der Waals surface area contributed by atoms with Crippen molar-refractivity contribution in [2.45, 2.75) is 71.9 Å². The minimum atomic E-state index is -0.676. The zero-order chi connectivity index (χ0) is 26.0. The summed E-state index contributed by atoms with van der Waals surface area (Å²) in [6.45, 7) is 7.83. The van der Waals surface area contributed by atoms with Crippen LogP contribution in [0.3, 0.4) is 0 Å². The molecule has 0 bridgehead atoms. The third-order valence-corrected chi connectivity index (χ3v) is 7.15. The monoisotopic (exact) mass is 487 g/mol. The Bertz CT molecular complexity index is 860. The van der Waals surface area contributed by atoms with Crippen LogP contribution in [0, 0.1) is 17.8 Å². The van der Waals surface area contributed by atoms with E-state index < -0.39 is 30.4 Å². The molecule has 5 atom stereocenters. The molecule has 3 amide bonds. The molecule has 8 heteroatoms. The largest absolute Gasteiger partial charge is 0.454 e. The number of carbonyl (C=O) groups excluding carboxylic acids is 4. The first kappa shape index (κ1) is 28.3. The van der Waals surface area contributed by atoms with Gasteiger partial charge in [-0.25, -0.2) is 4.79 Å². The molecule has 1 aromatic rings. The number of esters is 1. The lowest BCUT2D eigenvalue weighted by molar-refractivity contribution is -0.157. The average molecular weight is 488 g/mol. The molecule has 1 aliphatic rings. The minimum Gasteiger partial charge on any atom is -0.454 e. The molecule has 0 aliphatic carbocycles. The number of carbonyl (C=O) groups is 4. The summed E-state index contributed by atoms with van der Waals surface area (Å²) in [5.74, 6) is -1.68. The molecule has 1 aromatic carbocycles. The van der Waals surface area contributed by atoms with E-state index in [0.29, 0.717) is 25.8 Å². The van der Waals surface area contributed by atoms with Crippen molar-refractivity contribution >= 4 is 23.7 Å². The second-order valence-electron chi connectivity index (χ2n) is 9.46. The first-order valence-electron chi connectivity index (χ1n) is 12.7. The summed E-state index contributed by atoms with van der Waals surface area (Å²) in [5.41, 5.74) is 1.10. The lowest BCUT2D eigenvalue weighted by atomic mass is 9.85. The van der Waals surface area contributed by atoms with Crippen LogP contribution in [0.2, 0.25) is 0 Å². The van der Waals surface area contributed by atoms with Crippen LogP contribution in [0.5, 0.6) is 0 Å². The summed E-state index contributed by atoms with van der Waals surface area (Å²) in [7, 11) is 1.55. The van der Waals surface area contributed by atoms with Crippen molar-refractivity contribution in [2.75, 3.05) is 20.2 Å². The fraction of sp³-hybridized carbons (Fsp3) is 0.630. The van der Waals surface area contributed by atoms with Gasteiger partial charge in [-0.2, -0.15) is 0 Å². The molecule has 1 unspecified atom stereocenters. The predicted molar refractivity (Wildman–Crippen MR) is 134 cm³/mol. The Hall–Kier alpha value is -2.90. The van der Waals surface area contributed by atoms with Crippen LogP contribution in [-0.4, -0.2) is 60.9 Å². The van der Waals surface area contributed by atoms with Gasteiger partial charge in [0.2, 0.25) is 11.8 Å². The van der Waals surface area contributed by atoms with Crippen LogP contribution in [0.15, 0.2) is 30.3 Å². The van der Waals surface area contributed by atoms with Gasteiger partial charge in [-0.1, -0.05) is 64.4 Å². The van der Waals surface area contributed by atoms with Gasteiger partial charge < -0.3 is 20.3 Å². The van der Waals surface area contributed by atoms with E-state index in [1.54, 1.807) is 18.9 Å². The molecule has 2 rings (SSSR count). The van der Waals surface area contributed by atoms with Gasteiger partial charge in [-0.05, 0) is 37.2 Å². The summed E-state index contributed by atoms with van der Waals surface area (Å²) >= 11 is 0. The quantitative estimate of drug-likeness (QED) is 0.441. The number of hydrogen-bond acceptors (Lipinski definition) is 5. The first-order chi connectivity index (χ1) is 16.7. The van der Waals surface area contributed by atoms with E-state index in [1.807, 2.05) is 37.3 Å². The molecule has 1 aliphatic heterocycles. The predicted octanol–water partition coefficient (Wildman–Crippen LogP) is 2.70. The van der Waals surface area contributed by atoms with Crippen LogP contribution >= 0.6 is 0 Å². The second kappa shape index (κ2) is 13.9. The van der Waals surface area contributed by atoms with Crippen LogP contribution in [0.1, 0.15) is 58.9 Å². The highest BCUT2D eigenvalue weighted by molar-refractivity contribution is 5.88. The van der Waals surface area contributed by atoms with Crippen molar-refractivity contribution < 1.29 is 23.9 Å². The van der Waals surface area contributed by atoms with Gasteiger partial charge in [0.25, 0.3) is 5.91 Å². The maximum Gasteiger partial charge on any atom is 0.329 e. The molecular formula is C27H41N3O5. The van der Waals surface area contributed by atoms with Crippen LogP contribution < -0.4 is 10.6 Å². The molecule has 8 nitrogen and oxygen atoms in total. The highest BCUT2D eigenvalue weighted by Crippen LogP contribution is 2.28. The lowest BCUT2D eigenvalue weighted by Gasteiger charge is -2.30. The molecule has 35 heavy (non-hydrogen) atoms. The van der Waals surface area contributed by atoms with Gasteiger partial charge in [0.05, 0.1) is 5.92 Å². The Balaban J connectivity index is 1.99. The maximum absolute atomic E-state index is 13.6. The highest BCUT2D eigenvalue weighted by atomic mass is 16.5. The van der Waals surface area contributed by atoms with Crippen molar-refractivity contribution in [1.82, 2.24) is 15.5 Å². The van der Waals surface area contributed by atoms with Crippen molar-refractivity contribution in [3.05, 3.63) is 35.9 Å². The highest BCUT2D eigenvalue weighted by Gasteiger charge is 2.39. The molecule has 1 heterocycles. The number of rotatable bonds is 12. The third-order valence-electron chi connectivity index (χ3n) is 7.15. The standard InChI is InChI=1S/C27H41N3O5/c1-6-18(3)21(16-20-12-9-8-10-13-20)26(33)30-15-11-14-23(30)27(34)35-17-24(31)29-22(7-2)19(4)25(32)28-5/h8-10,12-13,18-19,21-23H,6-7,11,14-17H2,1-5H3,(H,28,32)(H,29,31)/t18-,19+,21+,22?,23+/m1/s1. The van der Waals surface area contributed by atoms with Gasteiger partial charge in [0, 0.05) is 25.6 Å². The van der Waals surface area contributed by atoms with Gasteiger partial charge in [-0.3, -0.25) is 14.4 Å². The van der Waals surface area contributed by atoms with Gasteiger partial charge in [0.1, 0.15) is 6.04 Å². The minimum absolute atomic E-state index is 0.0300. The van der Waals surface area contributed by atoms with E-state index in [4.69, 9.17) is 4.74 Å². The number of nitrogens with zero attached hydrogens (tertiary/aromatic N) is 1. The zero-order valence-electron chi connectivity index (χ0n) is 21.7. The van der Waals surface area contributed by atoms with Crippen molar-refractivity contribution in [3.63, 3.8) is 0 Å². The summed E-state index contributed by atoms with van der Waals surface area (Å²) in [5, 5.41) is 5.35. The number of nitrogens with one attached hydrogen (secondary N) is 2. The number of hydrogen-bond donors (Lipinski definition) is 2. The Morgan fingerprint density at radius 3 is 2.37 bits per heavy atom. The maximum atomic E-state index is 13.6. The summed E-state index contributed by atoms with van der Waals surface area (Å²) in [4.78, 5) is 52.4. The van der Waals surface area contributed by atoms with Crippen LogP contribution in [0.25, 0.3) is 0 Å². The van der Waals surface area contributed by atoms with E-state index in [2.05, 4.69) is 24.5 Å². The van der Waals surface area contributed by atoms with E-state index in [-0.39, 0.29) is 29.7 Å². The fourth-order valence-electron chi connectivity index (χ4n) is 4.65. The number of benzene rings is 1. The molecule has 0 spiro atoms. The van der Waals surface area contributed by atoms with Crippen molar-refractivity contribution in [3.8, 4) is 0 Å². The summed E-state index contributed by atoms with van der Waals surface area (Å²) in [6, 6.07) is 8.88. The van der Waals surface area contributed by atoms with E-state index in [9.17, 15) is 19.2 Å². The molecular weight excluding hydrogens is 446 g/mol. The normalized spacial score (nSPS) is 18.8. The van der Waals surface area contributed by atoms with Gasteiger partial charge in [0.15, 0.2) is 6.61 Å². The molecule has 2 N–H and O–H groups in total. The molecule has 194 valence electrons. The SMILES string of the molecule is CCC(NC(=O)COC(=O)[C@@H]1CCCN1C(=O)[C@@H](Cc1ccccc1)[C@H](C)CC)[C@H](C)C(=O)NC. The van der Waals surface area contributed by atoms with E-state index >= 15 is 0 Å². The first-order valence-corrected chi connectivity index (χ1v) is 12.7. The number of amides is 3. The van der Waals surface area contributed by atoms with E-state index in [0.717, 1.165) is 18.4 Å². The molecule has 0 saturated carbocycles. The molecule has 1 fully saturated rings. The second-order valence-corrected chi connectivity index (χ2v) is 9.46. The molecule has 0 radical (unpaired) electrons. The topological polar surface area (TPSA) is 105 Å². The van der Waals surface area contributed by atoms with Crippen LogP contribution in [0.4, 0.5) is 0 Å². The van der Waals surface area contributed by atoms with Gasteiger partial charge >= 0.3 is 5.97 Å². The Morgan fingerprint density at radius 1 is 1.09 bits per heavy atom. The lowest BCUT2D eigenvalue weighted by Crippen LogP contribution is -2.48. The zero-order valence-corrected chi connectivity index (χ0v) is 21.7. The third kappa shape index (κ3) is 7.80. The Morgan fingerprint density at radius 2 is 1.77 bits per heavy atom.